The fraction of sp³-hybridized carbons (Fsp3) is 0.769. The maximum Gasteiger partial charge on any atom is 0.460 e. The third kappa shape index (κ3) is 4.77. The number of carbonyl (C=O) groups excluding carboxylic acids is 3. The maximum atomic E-state index is 13.6. The van der Waals surface area contributed by atoms with Crippen molar-refractivity contribution in [2.45, 2.75) is 54.6 Å². The van der Waals surface area contributed by atoms with Gasteiger partial charge in [-0.25, -0.2) is 4.79 Å². The normalized spacial score (nSPS) is 21.2. The van der Waals surface area contributed by atoms with Gasteiger partial charge in [0, 0.05) is 6.42 Å². The van der Waals surface area contributed by atoms with Gasteiger partial charge in [0.1, 0.15) is 12.1 Å². The summed E-state index contributed by atoms with van der Waals surface area (Å²) in [5.41, 5.74) is 0. The van der Waals surface area contributed by atoms with Crippen LogP contribution in [0.3, 0.4) is 0 Å². The average Bonchev–Trinajstić information content (AvgIpc) is 3.02. The minimum Gasteiger partial charge on any atom is -0.456 e. The van der Waals surface area contributed by atoms with Gasteiger partial charge in [0.25, 0.3) is 0 Å². The van der Waals surface area contributed by atoms with E-state index < -0.39 is 83.2 Å². The van der Waals surface area contributed by atoms with Crippen LogP contribution in [0.2, 0.25) is 0 Å². The summed E-state index contributed by atoms with van der Waals surface area (Å²) in [4.78, 5) is 33.1. The van der Waals surface area contributed by atoms with Crippen molar-refractivity contribution in [3.05, 3.63) is 0 Å². The standard InChI is InChI=1S/C13H6ClF14NO4/c14-5(30)4-1-3(33-7(32)9(17,18)11(21,22)13(26,27)28)2-29(4)6(31)8(15,16)10(19,20)12(23,24)25/h3-4H,1-2H2/t3-,4+/m1/s1. The maximum absolute atomic E-state index is 13.6. The topological polar surface area (TPSA) is 63.7 Å². The van der Waals surface area contributed by atoms with Gasteiger partial charge in [0.2, 0.25) is 5.24 Å². The van der Waals surface area contributed by atoms with Gasteiger partial charge in [-0.2, -0.15) is 61.5 Å². The number of hydrogen-bond donors (Lipinski definition) is 0. The lowest BCUT2D eigenvalue weighted by atomic mass is 10.1. The number of hydrogen-bond acceptors (Lipinski definition) is 4. The van der Waals surface area contributed by atoms with E-state index in [1.54, 1.807) is 0 Å². The highest BCUT2D eigenvalue weighted by atomic mass is 35.5. The predicted molar refractivity (Wildman–Crippen MR) is 72.8 cm³/mol. The van der Waals surface area contributed by atoms with Gasteiger partial charge in [-0.05, 0) is 11.6 Å². The van der Waals surface area contributed by atoms with Gasteiger partial charge >= 0.3 is 47.9 Å². The molecule has 1 rings (SSSR count). The SMILES string of the molecule is O=C(Cl)[C@@H]1C[C@@H](OC(=O)C(F)(F)C(F)(F)C(F)(F)F)CN1C(=O)C(F)(F)C(F)(F)C(F)(F)F. The summed E-state index contributed by atoms with van der Waals surface area (Å²) in [7, 11) is 0. The molecular formula is C13H6ClF14NO4. The second-order valence-electron chi connectivity index (χ2n) is 6.33. The van der Waals surface area contributed by atoms with Crippen LogP contribution in [0, 0.1) is 0 Å². The molecule has 20 heteroatoms. The Bertz CT molecular complexity index is 808. The number of rotatable bonds is 6. The van der Waals surface area contributed by atoms with Crippen LogP contribution in [0.4, 0.5) is 61.5 Å². The van der Waals surface area contributed by atoms with Crippen LogP contribution < -0.4 is 0 Å². The van der Waals surface area contributed by atoms with E-state index in [0.29, 0.717) is 0 Å². The molecule has 2 atom stereocenters. The molecule has 0 saturated carbocycles. The Balaban J connectivity index is 3.21. The minimum absolute atomic E-state index is 0.854. The molecule has 1 heterocycles. The molecular weight excluding hydrogens is 536 g/mol. The second-order valence-corrected chi connectivity index (χ2v) is 6.71. The van der Waals surface area contributed by atoms with Crippen LogP contribution in [0.1, 0.15) is 6.42 Å². The van der Waals surface area contributed by atoms with Gasteiger partial charge in [-0.15, -0.1) is 0 Å². The summed E-state index contributed by atoms with van der Waals surface area (Å²) in [6, 6.07) is -2.64. The molecule has 0 spiro atoms. The molecule has 1 aliphatic heterocycles. The fourth-order valence-corrected chi connectivity index (χ4v) is 2.55. The minimum atomic E-state index is -7.05. The van der Waals surface area contributed by atoms with Crippen molar-refractivity contribution in [2.75, 3.05) is 6.54 Å². The quantitative estimate of drug-likeness (QED) is 0.291. The van der Waals surface area contributed by atoms with E-state index in [4.69, 9.17) is 11.6 Å². The molecule has 0 radical (unpaired) electrons. The average molecular weight is 542 g/mol. The number of amides is 1. The van der Waals surface area contributed by atoms with Gasteiger partial charge < -0.3 is 9.64 Å². The molecule has 0 aromatic carbocycles. The number of carbonyl (C=O) groups is 3. The first kappa shape index (κ1) is 29.0. The molecule has 0 aromatic heterocycles. The lowest BCUT2D eigenvalue weighted by Gasteiger charge is -2.31. The van der Waals surface area contributed by atoms with Crippen molar-refractivity contribution in [1.29, 1.82) is 0 Å². The number of likely N-dealkylation sites (tertiary alicyclic amines) is 1. The van der Waals surface area contributed by atoms with Crippen LogP contribution in [-0.2, 0) is 19.1 Å². The largest absolute Gasteiger partial charge is 0.460 e. The highest BCUT2D eigenvalue weighted by Crippen LogP contribution is 2.49. The Kier molecular flexibility index (Phi) is 7.28. The molecule has 0 aliphatic carbocycles. The highest BCUT2D eigenvalue weighted by molar-refractivity contribution is 6.64. The number of nitrogens with zero attached hydrogens (tertiary/aromatic N) is 1. The van der Waals surface area contributed by atoms with Crippen molar-refractivity contribution < 1.29 is 80.6 Å². The molecule has 1 aliphatic rings. The Morgan fingerprint density at radius 1 is 0.727 bits per heavy atom. The number of esters is 1. The first-order valence-corrected chi connectivity index (χ1v) is 8.08. The van der Waals surface area contributed by atoms with E-state index in [-0.39, 0.29) is 0 Å². The van der Waals surface area contributed by atoms with E-state index in [1.807, 2.05) is 0 Å². The smallest absolute Gasteiger partial charge is 0.456 e. The summed E-state index contributed by atoms with van der Waals surface area (Å²) in [5, 5.41) is -1.97. The Labute approximate surface area is 176 Å². The van der Waals surface area contributed by atoms with Crippen LogP contribution in [0.15, 0.2) is 0 Å². The summed E-state index contributed by atoms with van der Waals surface area (Å²) >= 11 is 4.86. The van der Waals surface area contributed by atoms with Crippen molar-refractivity contribution >= 4 is 28.7 Å². The molecule has 5 nitrogen and oxygen atoms in total. The number of alkyl halides is 14. The number of ether oxygens (including phenoxy) is 1. The summed E-state index contributed by atoms with van der Waals surface area (Å²) in [6.07, 6.45) is -18.1. The zero-order valence-corrected chi connectivity index (χ0v) is 15.6. The first-order chi connectivity index (χ1) is 14.3. The monoisotopic (exact) mass is 541 g/mol. The Hall–Kier alpha value is -2.08. The van der Waals surface area contributed by atoms with Crippen LogP contribution >= 0.6 is 11.6 Å². The van der Waals surface area contributed by atoms with Gasteiger partial charge in [-0.3, -0.25) is 9.59 Å². The molecule has 1 amide bonds. The predicted octanol–water partition coefficient (Wildman–Crippen LogP) is 3.93. The Morgan fingerprint density at radius 3 is 1.48 bits per heavy atom. The third-order valence-electron chi connectivity index (χ3n) is 4.08. The zero-order chi connectivity index (χ0) is 26.6. The van der Waals surface area contributed by atoms with Crippen molar-refractivity contribution in [3.8, 4) is 0 Å². The lowest BCUT2D eigenvalue weighted by Crippen LogP contribution is -2.61. The molecule has 1 saturated heterocycles. The van der Waals surface area contributed by atoms with Crippen LogP contribution in [0.5, 0.6) is 0 Å². The molecule has 192 valence electrons. The second kappa shape index (κ2) is 8.30. The molecule has 0 unspecified atom stereocenters. The van der Waals surface area contributed by atoms with E-state index in [2.05, 4.69) is 4.74 Å². The van der Waals surface area contributed by atoms with E-state index in [0.717, 1.165) is 0 Å². The summed E-state index contributed by atoms with van der Waals surface area (Å²) in [6.45, 7) is -1.87. The van der Waals surface area contributed by atoms with E-state index in [9.17, 15) is 75.8 Å². The first-order valence-electron chi connectivity index (χ1n) is 7.70. The summed E-state index contributed by atoms with van der Waals surface area (Å²) < 4.78 is 182. The Morgan fingerprint density at radius 2 is 1.12 bits per heavy atom. The van der Waals surface area contributed by atoms with Gasteiger partial charge in [0.15, 0.2) is 0 Å². The third-order valence-corrected chi connectivity index (χ3v) is 4.34. The summed E-state index contributed by atoms with van der Waals surface area (Å²) in [5.74, 6) is -34.5. The molecule has 33 heavy (non-hydrogen) atoms. The zero-order valence-electron chi connectivity index (χ0n) is 14.8. The van der Waals surface area contributed by atoms with E-state index in [1.165, 1.54) is 0 Å². The molecule has 0 bridgehead atoms. The fourth-order valence-electron chi connectivity index (χ4n) is 2.35. The molecule has 0 N–H and O–H groups in total. The van der Waals surface area contributed by atoms with E-state index >= 15 is 0 Å². The van der Waals surface area contributed by atoms with Gasteiger partial charge in [0.05, 0.1) is 6.54 Å². The van der Waals surface area contributed by atoms with Crippen molar-refractivity contribution in [3.63, 3.8) is 0 Å². The van der Waals surface area contributed by atoms with Crippen LogP contribution in [-0.4, -0.2) is 76.8 Å². The highest BCUT2D eigenvalue weighted by Gasteiger charge is 2.78. The van der Waals surface area contributed by atoms with Crippen LogP contribution in [0.25, 0.3) is 0 Å². The van der Waals surface area contributed by atoms with Crippen molar-refractivity contribution in [2.24, 2.45) is 0 Å². The number of halogens is 15. The van der Waals surface area contributed by atoms with Gasteiger partial charge in [-0.1, -0.05) is 0 Å². The lowest BCUT2D eigenvalue weighted by molar-refractivity contribution is -0.349. The van der Waals surface area contributed by atoms with Crippen molar-refractivity contribution in [1.82, 2.24) is 4.90 Å². The molecule has 0 aromatic rings. The molecule has 1 fully saturated rings.